The van der Waals surface area contributed by atoms with Gasteiger partial charge < -0.3 is 10.1 Å². The third-order valence-electron chi connectivity index (χ3n) is 4.11. The van der Waals surface area contributed by atoms with E-state index in [4.69, 9.17) is 16.3 Å². The molecule has 0 bridgehead atoms. The zero-order valence-electron chi connectivity index (χ0n) is 15.6. The van der Waals surface area contributed by atoms with Gasteiger partial charge in [0.1, 0.15) is 11.6 Å². The highest BCUT2D eigenvalue weighted by molar-refractivity contribution is 6.30. The Morgan fingerprint density at radius 3 is 2.69 bits per heavy atom. The minimum atomic E-state index is -0.818. The Labute approximate surface area is 171 Å². The van der Waals surface area contributed by atoms with E-state index in [2.05, 4.69) is 10.4 Å². The molecule has 0 aliphatic heterocycles. The van der Waals surface area contributed by atoms with Crippen molar-refractivity contribution in [1.29, 1.82) is 0 Å². The van der Waals surface area contributed by atoms with Crippen LogP contribution in [0.5, 0.6) is 5.75 Å². The molecular weight excluding hydrogens is 397 g/mol. The average Bonchev–Trinajstić information content (AvgIpc) is 2.70. The van der Waals surface area contributed by atoms with Crippen molar-refractivity contribution in [2.75, 3.05) is 6.54 Å². The number of hydrogen-bond acceptors (Lipinski definition) is 4. The molecule has 1 atom stereocenters. The van der Waals surface area contributed by atoms with Gasteiger partial charge in [-0.05, 0) is 37.3 Å². The fourth-order valence-corrected chi connectivity index (χ4v) is 2.74. The predicted octanol–water partition coefficient (Wildman–Crippen LogP) is 3.29. The highest BCUT2D eigenvalue weighted by atomic mass is 35.5. The van der Waals surface area contributed by atoms with Crippen LogP contribution in [0, 0.1) is 5.82 Å². The molecule has 0 saturated heterocycles. The van der Waals surface area contributed by atoms with E-state index < -0.39 is 11.9 Å². The molecule has 0 saturated carbocycles. The molecule has 8 heteroatoms. The second-order valence-electron chi connectivity index (χ2n) is 6.30. The standard InChI is InChI=1S/C21H19ClFN3O3/c1-14(29-18-4-2-3-17(23)13-18)21(28)24-11-12-26-20(27)10-9-19(25-26)15-5-7-16(22)8-6-15/h2-10,13-14H,11-12H2,1H3,(H,24,28). The summed E-state index contributed by atoms with van der Waals surface area (Å²) in [6, 6.07) is 15.7. The van der Waals surface area contributed by atoms with Crippen LogP contribution >= 0.6 is 11.6 Å². The fraction of sp³-hybridized carbons (Fsp3) is 0.190. The molecule has 0 spiro atoms. The molecule has 150 valence electrons. The van der Waals surface area contributed by atoms with Gasteiger partial charge in [-0.2, -0.15) is 5.10 Å². The van der Waals surface area contributed by atoms with Gasteiger partial charge in [0.2, 0.25) is 0 Å². The van der Waals surface area contributed by atoms with Crippen molar-refractivity contribution in [3.05, 3.63) is 81.9 Å². The van der Waals surface area contributed by atoms with Crippen LogP contribution in [0.3, 0.4) is 0 Å². The van der Waals surface area contributed by atoms with Crippen LogP contribution in [-0.2, 0) is 11.3 Å². The molecule has 3 aromatic rings. The van der Waals surface area contributed by atoms with Gasteiger partial charge in [0, 0.05) is 29.3 Å². The third kappa shape index (κ3) is 5.65. The number of carbonyl (C=O) groups is 1. The molecule has 1 aromatic heterocycles. The maximum atomic E-state index is 13.2. The number of nitrogens with zero attached hydrogens (tertiary/aromatic N) is 2. The Morgan fingerprint density at radius 2 is 1.97 bits per heavy atom. The van der Waals surface area contributed by atoms with E-state index in [0.29, 0.717) is 10.7 Å². The van der Waals surface area contributed by atoms with E-state index in [1.165, 1.54) is 28.9 Å². The predicted molar refractivity (Wildman–Crippen MR) is 108 cm³/mol. The molecule has 0 radical (unpaired) electrons. The normalized spacial score (nSPS) is 11.7. The summed E-state index contributed by atoms with van der Waals surface area (Å²) in [6.45, 7) is 1.94. The monoisotopic (exact) mass is 415 g/mol. The van der Waals surface area contributed by atoms with Gasteiger partial charge in [-0.25, -0.2) is 9.07 Å². The second-order valence-corrected chi connectivity index (χ2v) is 6.73. The molecule has 1 amide bonds. The highest BCUT2D eigenvalue weighted by Crippen LogP contribution is 2.18. The molecule has 0 aliphatic rings. The van der Waals surface area contributed by atoms with Crippen molar-refractivity contribution >= 4 is 17.5 Å². The van der Waals surface area contributed by atoms with E-state index in [1.807, 2.05) is 12.1 Å². The SMILES string of the molecule is CC(Oc1cccc(F)c1)C(=O)NCCn1nc(-c2ccc(Cl)cc2)ccc1=O. The van der Waals surface area contributed by atoms with Crippen LogP contribution < -0.4 is 15.6 Å². The first kappa shape index (κ1) is 20.5. The van der Waals surface area contributed by atoms with Gasteiger partial charge in [0.05, 0.1) is 12.2 Å². The van der Waals surface area contributed by atoms with Gasteiger partial charge in [-0.3, -0.25) is 9.59 Å². The van der Waals surface area contributed by atoms with E-state index in [-0.39, 0.29) is 30.3 Å². The van der Waals surface area contributed by atoms with Crippen LogP contribution in [-0.4, -0.2) is 28.3 Å². The van der Waals surface area contributed by atoms with E-state index >= 15 is 0 Å². The van der Waals surface area contributed by atoms with Crippen molar-refractivity contribution in [2.24, 2.45) is 0 Å². The second kappa shape index (κ2) is 9.34. The van der Waals surface area contributed by atoms with Crippen molar-refractivity contribution in [2.45, 2.75) is 19.6 Å². The molecule has 0 fully saturated rings. The Morgan fingerprint density at radius 1 is 1.21 bits per heavy atom. The number of amides is 1. The minimum Gasteiger partial charge on any atom is -0.481 e. The van der Waals surface area contributed by atoms with Crippen molar-refractivity contribution in [1.82, 2.24) is 15.1 Å². The van der Waals surface area contributed by atoms with E-state index in [1.54, 1.807) is 31.2 Å². The first-order chi connectivity index (χ1) is 13.9. The Balaban J connectivity index is 1.58. The van der Waals surface area contributed by atoms with E-state index in [0.717, 1.165) is 5.56 Å². The van der Waals surface area contributed by atoms with Crippen molar-refractivity contribution in [3.8, 4) is 17.0 Å². The maximum absolute atomic E-state index is 13.2. The zero-order chi connectivity index (χ0) is 20.8. The molecule has 1 unspecified atom stereocenters. The summed E-state index contributed by atoms with van der Waals surface area (Å²) in [5.41, 5.74) is 1.17. The molecule has 1 heterocycles. The summed E-state index contributed by atoms with van der Waals surface area (Å²) in [4.78, 5) is 24.2. The smallest absolute Gasteiger partial charge is 0.266 e. The number of nitrogens with one attached hydrogen (secondary N) is 1. The van der Waals surface area contributed by atoms with Gasteiger partial charge >= 0.3 is 0 Å². The molecule has 0 aliphatic carbocycles. The Hall–Kier alpha value is -3.19. The van der Waals surface area contributed by atoms with Crippen molar-refractivity contribution < 1.29 is 13.9 Å². The number of benzene rings is 2. The van der Waals surface area contributed by atoms with Crippen LogP contribution in [0.4, 0.5) is 4.39 Å². The van der Waals surface area contributed by atoms with Crippen molar-refractivity contribution in [3.63, 3.8) is 0 Å². The van der Waals surface area contributed by atoms with Gasteiger partial charge in [-0.1, -0.05) is 29.8 Å². The molecule has 2 aromatic carbocycles. The zero-order valence-corrected chi connectivity index (χ0v) is 16.4. The fourth-order valence-electron chi connectivity index (χ4n) is 2.61. The van der Waals surface area contributed by atoms with Crippen LogP contribution in [0.1, 0.15) is 6.92 Å². The topological polar surface area (TPSA) is 73.2 Å². The highest BCUT2D eigenvalue weighted by Gasteiger charge is 2.14. The third-order valence-corrected chi connectivity index (χ3v) is 4.36. The largest absolute Gasteiger partial charge is 0.481 e. The summed E-state index contributed by atoms with van der Waals surface area (Å²) >= 11 is 5.89. The number of carbonyl (C=O) groups excluding carboxylic acids is 1. The molecule has 6 nitrogen and oxygen atoms in total. The lowest BCUT2D eigenvalue weighted by Crippen LogP contribution is -2.39. The quantitative estimate of drug-likeness (QED) is 0.642. The number of ether oxygens (including phenoxy) is 1. The Kier molecular flexibility index (Phi) is 6.61. The van der Waals surface area contributed by atoms with E-state index in [9.17, 15) is 14.0 Å². The Bertz CT molecular complexity index is 1050. The number of aromatic nitrogens is 2. The van der Waals surface area contributed by atoms with Crippen LogP contribution in [0.15, 0.2) is 65.5 Å². The lowest BCUT2D eigenvalue weighted by atomic mass is 10.1. The molecular formula is C21H19ClFN3O3. The number of hydrogen-bond donors (Lipinski definition) is 1. The lowest BCUT2D eigenvalue weighted by molar-refractivity contribution is -0.127. The average molecular weight is 416 g/mol. The summed E-state index contributed by atoms with van der Waals surface area (Å²) in [7, 11) is 0. The molecule has 1 N–H and O–H groups in total. The minimum absolute atomic E-state index is 0.187. The maximum Gasteiger partial charge on any atom is 0.266 e. The summed E-state index contributed by atoms with van der Waals surface area (Å²) in [6.07, 6.45) is -0.818. The van der Waals surface area contributed by atoms with Gasteiger partial charge in [0.25, 0.3) is 11.5 Å². The number of halogens is 2. The number of rotatable bonds is 7. The van der Waals surface area contributed by atoms with Gasteiger partial charge in [0.15, 0.2) is 6.10 Å². The summed E-state index contributed by atoms with van der Waals surface area (Å²) in [5, 5.41) is 7.62. The van der Waals surface area contributed by atoms with Crippen LogP contribution in [0.2, 0.25) is 5.02 Å². The first-order valence-electron chi connectivity index (χ1n) is 8.96. The lowest BCUT2D eigenvalue weighted by Gasteiger charge is -2.15. The van der Waals surface area contributed by atoms with Crippen LogP contribution in [0.25, 0.3) is 11.3 Å². The molecule has 3 rings (SSSR count). The van der Waals surface area contributed by atoms with Gasteiger partial charge in [-0.15, -0.1) is 0 Å². The summed E-state index contributed by atoms with van der Waals surface area (Å²) in [5.74, 6) is -0.557. The first-order valence-corrected chi connectivity index (χ1v) is 9.34. The molecule has 29 heavy (non-hydrogen) atoms. The summed E-state index contributed by atoms with van der Waals surface area (Å²) < 4.78 is 19.9.